The van der Waals surface area contributed by atoms with Crippen LogP contribution in [0.25, 0.3) is 5.57 Å². The quantitative estimate of drug-likeness (QED) is 0.881. The van der Waals surface area contributed by atoms with Crippen LogP contribution in [0.15, 0.2) is 36.4 Å². The van der Waals surface area contributed by atoms with E-state index in [4.69, 9.17) is 5.11 Å². The van der Waals surface area contributed by atoms with Crippen molar-refractivity contribution < 1.29 is 14.7 Å². The van der Waals surface area contributed by atoms with Gasteiger partial charge in [-0.05, 0) is 17.6 Å². The van der Waals surface area contributed by atoms with Crippen LogP contribution in [0.4, 0.5) is 4.79 Å². The minimum atomic E-state index is -0.909. The fourth-order valence-electron chi connectivity index (χ4n) is 2.17. The average Bonchev–Trinajstić information content (AvgIpc) is 2.48. The minimum Gasteiger partial charge on any atom is -0.481 e. The van der Waals surface area contributed by atoms with Crippen molar-refractivity contribution in [3.05, 3.63) is 42.0 Å². The number of carboxylic acid groups (broad SMARTS) is 1. The Morgan fingerprint density at radius 3 is 2.70 bits per heavy atom. The Morgan fingerprint density at radius 2 is 2.00 bits per heavy atom. The first-order chi connectivity index (χ1) is 9.66. The van der Waals surface area contributed by atoms with Gasteiger partial charge >= 0.3 is 12.0 Å². The van der Waals surface area contributed by atoms with Crippen molar-refractivity contribution in [2.24, 2.45) is 0 Å². The van der Waals surface area contributed by atoms with Gasteiger partial charge in [-0.2, -0.15) is 0 Å². The second-order valence-corrected chi connectivity index (χ2v) is 4.68. The third kappa shape index (κ3) is 3.85. The highest BCUT2D eigenvalue weighted by Gasteiger charge is 2.18. The molecule has 20 heavy (non-hydrogen) atoms. The third-order valence-corrected chi connectivity index (χ3v) is 3.20. The molecule has 0 spiro atoms. The van der Waals surface area contributed by atoms with Gasteiger partial charge in [0.1, 0.15) is 0 Å². The fraction of sp³-hybridized carbons (Fsp3) is 0.333. The number of aliphatic carboxylic acids is 1. The first kappa shape index (κ1) is 14.1. The highest BCUT2D eigenvalue weighted by molar-refractivity contribution is 5.79. The molecular formula is C15H18N2O3. The monoisotopic (exact) mass is 274 g/mol. The molecule has 0 unspecified atom stereocenters. The number of amides is 2. The maximum atomic E-state index is 12.0. The number of hydrogen-bond donors (Lipinski definition) is 2. The zero-order valence-electron chi connectivity index (χ0n) is 11.2. The number of benzene rings is 1. The van der Waals surface area contributed by atoms with Crippen LogP contribution < -0.4 is 5.32 Å². The maximum absolute atomic E-state index is 12.0. The van der Waals surface area contributed by atoms with Crippen molar-refractivity contribution in [1.82, 2.24) is 10.2 Å². The summed E-state index contributed by atoms with van der Waals surface area (Å²) < 4.78 is 0. The number of nitrogens with zero attached hydrogens (tertiary/aromatic N) is 1. The van der Waals surface area contributed by atoms with Gasteiger partial charge in [0.25, 0.3) is 0 Å². The first-order valence-electron chi connectivity index (χ1n) is 6.66. The van der Waals surface area contributed by atoms with Gasteiger partial charge in [-0.15, -0.1) is 0 Å². The van der Waals surface area contributed by atoms with E-state index >= 15 is 0 Å². The molecule has 2 rings (SSSR count). The predicted molar refractivity (Wildman–Crippen MR) is 76.3 cm³/mol. The van der Waals surface area contributed by atoms with Crippen molar-refractivity contribution in [3.63, 3.8) is 0 Å². The Kier molecular flexibility index (Phi) is 4.76. The topological polar surface area (TPSA) is 69.6 Å². The Bertz CT molecular complexity index is 511. The maximum Gasteiger partial charge on any atom is 0.317 e. The average molecular weight is 274 g/mol. The summed E-state index contributed by atoms with van der Waals surface area (Å²) in [6.07, 6.45) is 2.91. The molecule has 106 valence electrons. The Balaban J connectivity index is 1.91. The summed E-state index contributed by atoms with van der Waals surface area (Å²) in [5.74, 6) is -0.909. The molecule has 0 saturated carbocycles. The van der Waals surface area contributed by atoms with E-state index in [2.05, 4.69) is 11.4 Å². The summed E-state index contributed by atoms with van der Waals surface area (Å²) in [6.45, 7) is 1.38. The molecule has 1 aromatic rings. The van der Waals surface area contributed by atoms with E-state index in [-0.39, 0.29) is 19.0 Å². The van der Waals surface area contributed by atoms with Crippen LogP contribution in [-0.2, 0) is 4.79 Å². The third-order valence-electron chi connectivity index (χ3n) is 3.20. The molecule has 0 aromatic heterocycles. The van der Waals surface area contributed by atoms with E-state index in [1.807, 2.05) is 30.3 Å². The summed E-state index contributed by atoms with van der Waals surface area (Å²) in [5.41, 5.74) is 2.25. The normalized spacial score (nSPS) is 14.6. The minimum absolute atomic E-state index is 0.0546. The molecule has 0 atom stereocenters. The highest BCUT2D eigenvalue weighted by atomic mass is 16.4. The van der Waals surface area contributed by atoms with E-state index < -0.39 is 5.97 Å². The van der Waals surface area contributed by atoms with Gasteiger partial charge in [-0.25, -0.2) is 4.79 Å². The standard InChI is InChI=1S/C15H18N2O3/c18-14(19)8-9-16-15(20)17-10-4-7-13(11-17)12-5-2-1-3-6-12/h1-3,5-7H,4,8-11H2,(H,16,20)(H,18,19). The second kappa shape index (κ2) is 6.75. The van der Waals surface area contributed by atoms with E-state index in [9.17, 15) is 9.59 Å². The van der Waals surface area contributed by atoms with Gasteiger partial charge < -0.3 is 15.3 Å². The van der Waals surface area contributed by atoms with Gasteiger partial charge in [0.15, 0.2) is 0 Å². The van der Waals surface area contributed by atoms with Crippen molar-refractivity contribution in [2.75, 3.05) is 19.6 Å². The van der Waals surface area contributed by atoms with Gasteiger partial charge in [0.05, 0.1) is 6.42 Å². The van der Waals surface area contributed by atoms with Crippen LogP contribution in [0.3, 0.4) is 0 Å². The van der Waals surface area contributed by atoms with Crippen molar-refractivity contribution in [2.45, 2.75) is 12.8 Å². The van der Waals surface area contributed by atoms with Crippen LogP contribution in [0.2, 0.25) is 0 Å². The summed E-state index contributed by atoms with van der Waals surface area (Å²) in [6, 6.07) is 9.76. The number of carbonyl (C=O) groups is 2. The molecule has 2 N–H and O–H groups in total. The lowest BCUT2D eigenvalue weighted by Gasteiger charge is -2.27. The molecule has 0 bridgehead atoms. The van der Waals surface area contributed by atoms with E-state index in [1.54, 1.807) is 4.90 Å². The predicted octanol–water partition coefficient (Wildman–Crippen LogP) is 1.96. The first-order valence-corrected chi connectivity index (χ1v) is 6.66. The Labute approximate surface area is 117 Å². The van der Waals surface area contributed by atoms with Gasteiger partial charge in [-0.1, -0.05) is 36.4 Å². The molecule has 1 aliphatic heterocycles. The van der Waals surface area contributed by atoms with Gasteiger partial charge in [0.2, 0.25) is 0 Å². The molecule has 2 amide bonds. The van der Waals surface area contributed by atoms with Crippen LogP contribution >= 0.6 is 0 Å². The Hall–Kier alpha value is -2.30. The largest absolute Gasteiger partial charge is 0.481 e. The van der Waals surface area contributed by atoms with Gasteiger partial charge in [0, 0.05) is 19.6 Å². The molecule has 1 aromatic carbocycles. The number of urea groups is 1. The SMILES string of the molecule is O=C(O)CCNC(=O)N1CCC=C(c2ccccc2)C1. The lowest BCUT2D eigenvalue weighted by molar-refractivity contribution is -0.136. The lowest BCUT2D eigenvalue weighted by atomic mass is 10.0. The number of hydrogen-bond acceptors (Lipinski definition) is 2. The number of nitrogens with one attached hydrogen (secondary N) is 1. The Morgan fingerprint density at radius 1 is 1.25 bits per heavy atom. The lowest BCUT2D eigenvalue weighted by Crippen LogP contribution is -2.43. The summed E-state index contributed by atoms with van der Waals surface area (Å²) in [5, 5.41) is 11.2. The smallest absolute Gasteiger partial charge is 0.317 e. The molecule has 0 fully saturated rings. The van der Waals surface area contributed by atoms with Crippen molar-refractivity contribution >= 4 is 17.6 Å². The van der Waals surface area contributed by atoms with E-state index in [0.717, 1.165) is 17.6 Å². The molecule has 0 saturated heterocycles. The van der Waals surface area contributed by atoms with E-state index in [0.29, 0.717) is 13.1 Å². The summed E-state index contributed by atoms with van der Waals surface area (Å²) in [4.78, 5) is 24.1. The van der Waals surface area contributed by atoms with Crippen LogP contribution in [-0.4, -0.2) is 41.6 Å². The molecule has 0 aliphatic carbocycles. The zero-order valence-corrected chi connectivity index (χ0v) is 11.2. The van der Waals surface area contributed by atoms with Crippen LogP contribution in [0.5, 0.6) is 0 Å². The van der Waals surface area contributed by atoms with Crippen LogP contribution in [0, 0.1) is 0 Å². The van der Waals surface area contributed by atoms with Crippen molar-refractivity contribution in [1.29, 1.82) is 0 Å². The molecule has 0 radical (unpaired) electrons. The zero-order chi connectivity index (χ0) is 14.4. The molecule has 1 aliphatic rings. The fourth-order valence-corrected chi connectivity index (χ4v) is 2.17. The van der Waals surface area contributed by atoms with Gasteiger partial charge in [-0.3, -0.25) is 4.79 Å². The highest BCUT2D eigenvalue weighted by Crippen LogP contribution is 2.20. The number of carboxylic acids is 1. The number of rotatable bonds is 4. The van der Waals surface area contributed by atoms with Crippen LogP contribution in [0.1, 0.15) is 18.4 Å². The van der Waals surface area contributed by atoms with E-state index in [1.165, 1.54) is 0 Å². The summed E-state index contributed by atoms with van der Waals surface area (Å²) in [7, 11) is 0. The molecule has 5 nitrogen and oxygen atoms in total. The number of carbonyl (C=O) groups excluding carboxylic acids is 1. The molecular weight excluding hydrogens is 256 g/mol. The molecule has 1 heterocycles. The van der Waals surface area contributed by atoms with Crippen molar-refractivity contribution in [3.8, 4) is 0 Å². The second-order valence-electron chi connectivity index (χ2n) is 4.68. The molecule has 5 heteroatoms. The summed E-state index contributed by atoms with van der Waals surface area (Å²) >= 11 is 0.